The molecule has 29 N–H and O–H groups in total. The highest BCUT2D eigenvalue weighted by molar-refractivity contribution is 5.70. The van der Waals surface area contributed by atoms with Gasteiger partial charge in [0.15, 0.2) is 44.0 Å². The molecule has 48 heteroatoms. The first-order chi connectivity index (χ1) is 68.0. The number of amides is 5. The standard InChI is InChI=1S/C70H79N5O24.C23H45N5O14/c76-33-49-59(98-63-51(74-69(85)91-37-43-25-13-4-14-26-43)55(79)54(78)48(93-63)32-71-66(82)88-34-40-19-7-1-8-20-40)57(81)65(94-49)99-61-53(77)46(72-67(83)89-35-41-21-9-2-10-22-41)31-47(73-68(84)90-36-42-23-11-3-12-24-42)58(61)96-64-52(75-70(86)92-38-44-27-15-5-16-28-44)56(80)60-50(95-64)39-87-62(97-60)45-29-17-6-18-30-45;24-2-7-13(32)15(34)10(27)21(37-7)41-19-9(4-30)39-23(17(19)36)42-20-12(31)5(25)1-6(26)18(20)40-22-11(28)16(35)14(33)8(3-29)38-22/h1-30,46-65,76-81H,31-39H2,(H,71,82)(H,72,83)(H,73,84)(H,74,85)(H,75,86);5-23,29-36H,1-4,24-28H2. The molecule has 9 aliphatic rings. The number of rotatable bonds is 33. The SMILES string of the molecule is NCC1OC(OC2C(CO)OC(OC3C(O)C(N)CC(N)C3OC3OC(CO)C(O)C(O)C3N)C2O)C(N)C(O)C1O.O=C(NCC1OC(OC2C(CO)OC(OC3C(O)C(NC(=O)OCc4ccccc4)CC(NC(=O)OCc4ccccc4)C3OC3OC4COC(c5ccccc5)OC4C(O)C3NC(=O)OCc3ccccc3)C2O)C(NC(=O)OCc2ccccc2)C(O)C1O)OCc1ccccc1. The number of carbonyl (C=O) groups excluding carboxylic acids is 5. The maximum atomic E-state index is 14.2. The van der Waals surface area contributed by atoms with Crippen LogP contribution in [0, 0.1) is 0 Å². The summed E-state index contributed by atoms with van der Waals surface area (Å²) < 4.78 is 113. The number of hydrogen-bond donors (Lipinski definition) is 24. The fourth-order valence-electron chi connectivity index (χ4n) is 17.7. The summed E-state index contributed by atoms with van der Waals surface area (Å²) in [7, 11) is 0. The molecule has 2 aliphatic carbocycles. The van der Waals surface area contributed by atoms with E-state index in [1.54, 1.807) is 182 Å². The van der Waals surface area contributed by atoms with Crippen LogP contribution in [0.2, 0.25) is 0 Å². The Morgan fingerprint density at radius 2 is 0.681 bits per heavy atom. The molecule has 39 unspecified atom stereocenters. The van der Waals surface area contributed by atoms with Gasteiger partial charge in [0.05, 0.1) is 56.7 Å². The van der Waals surface area contributed by atoms with Crippen molar-refractivity contribution in [2.45, 2.75) is 285 Å². The van der Waals surface area contributed by atoms with Gasteiger partial charge in [0.25, 0.3) is 0 Å². The van der Waals surface area contributed by atoms with Crippen LogP contribution in [0.5, 0.6) is 0 Å². The molecule has 7 saturated heterocycles. The molecule has 774 valence electrons. The van der Waals surface area contributed by atoms with Crippen LogP contribution in [-0.4, -0.2) is 374 Å². The zero-order valence-corrected chi connectivity index (χ0v) is 76.0. The van der Waals surface area contributed by atoms with Gasteiger partial charge in [-0.2, -0.15) is 0 Å². The summed E-state index contributed by atoms with van der Waals surface area (Å²) in [6.07, 6.45) is -53.1. The number of aliphatic hydroxyl groups is 14. The first-order valence-corrected chi connectivity index (χ1v) is 46.0. The number of benzene rings is 6. The van der Waals surface area contributed by atoms with E-state index in [-0.39, 0.29) is 52.6 Å². The molecule has 7 aliphatic heterocycles. The maximum Gasteiger partial charge on any atom is 0.407 e. The van der Waals surface area contributed by atoms with Crippen LogP contribution < -0.4 is 55.3 Å². The molecular formula is C93H124N10O38. The van der Waals surface area contributed by atoms with E-state index in [2.05, 4.69) is 26.6 Å². The highest BCUT2D eigenvalue weighted by Crippen LogP contribution is 2.41. The summed E-state index contributed by atoms with van der Waals surface area (Å²) >= 11 is 0. The molecule has 0 radical (unpaired) electrons. The Bertz CT molecular complexity index is 4840. The van der Waals surface area contributed by atoms with Gasteiger partial charge in [-0.3, -0.25) is 0 Å². The van der Waals surface area contributed by atoms with Gasteiger partial charge in [0.2, 0.25) is 0 Å². The van der Waals surface area contributed by atoms with Crippen molar-refractivity contribution in [2.75, 3.05) is 39.5 Å². The number of fused-ring (bicyclic) bond motifs is 1. The Labute approximate surface area is 807 Å². The third-order valence-electron chi connectivity index (χ3n) is 25.5. The smallest absolute Gasteiger partial charge is 0.407 e. The second kappa shape index (κ2) is 50.7. The van der Waals surface area contributed by atoms with Gasteiger partial charge in [0.1, 0.15) is 186 Å². The van der Waals surface area contributed by atoms with Crippen LogP contribution in [0.3, 0.4) is 0 Å². The molecule has 9 fully saturated rings. The van der Waals surface area contributed by atoms with Crippen molar-refractivity contribution >= 4 is 30.5 Å². The third-order valence-corrected chi connectivity index (χ3v) is 25.5. The highest BCUT2D eigenvalue weighted by atomic mass is 16.8. The van der Waals surface area contributed by atoms with Crippen molar-refractivity contribution in [2.24, 2.45) is 28.7 Å². The number of ether oxygens (including phenoxy) is 19. The van der Waals surface area contributed by atoms with Gasteiger partial charge in [-0.1, -0.05) is 182 Å². The number of nitrogens with two attached hydrogens (primary N) is 5. The fraction of sp³-hybridized carbons (Fsp3) is 0.559. The molecule has 6 aromatic rings. The largest absolute Gasteiger partial charge is 0.445 e. The van der Waals surface area contributed by atoms with E-state index in [1.165, 1.54) is 0 Å². The molecule has 5 amide bonds. The van der Waals surface area contributed by atoms with E-state index in [0.717, 1.165) is 0 Å². The van der Waals surface area contributed by atoms with E-state index in [4.69, 9.17) is 119 Å². The lowest BCUT2D eigenvalue weighted by Crippen LogP contribution is -2.71. The number of alkyl carbamates (subject to hydrolysis) is 5. The van der Waals surface area contributed by atoms with Crippen molar-refractivity contribution in [3.8, 4) is 0 Å². The lowest BCUT2D eigenvalue weighted by molar-refractivity contribution is -0.358. The lowest BCUT2D eigenvalue weighted by atomic mass is 9.83. The number of nitrogens with one attached hydrogen (secondary N) is 5. The molecule has 48 nitrogen and oxygen atoms in total. The summed E-state index contributed by atoms with van der Waals surface area (Å²) in [6.45, 7) is -4.15. The maximum absolute atomic E-state index is 14.2. The Balaban J connectivity index is 0.000000313. The van der Waals surface area contributed by atoms with Crippen molar-refractivity contribution in [3.63, 3.8) is 0 Å². The first kappa shape index (κ1) is 107. The van der Waals surface area contributed by atoms with Gasteiger partial charge in [0, 0.05) is 30.7 Å². The molecule has 6 aromatic carbocycles. The second-order valence-corrected chi connectivity index (χ2v) is 35.2. The zero-order valence-electron chi connectivity index (χ0n) is 76.0. The summed E-state index contributed by atoms with van der Waals surface area (Å²) in [5, 5.41) is 168. The lowest BCUT2D eigenvalue weighted by Gasteiger charge is -2.50. The Morgan fingerprint density at radius 1 is 0.319 bits per heavy atom. The first-order valence-electron chi connectivity index (χ1n) is 46.0. The minimum Gasteiger partial charge on any atom is -0.445 e. The second-order valence-electron chi connectivity index (χ2n) is 35.2. The molecule has 0 aromatic heterocycles. The van der Waals surface area contributed by atoms with Crippen molar-refractivity contribution in [1.29, 1.82) is 0 Å². The minimum absolute atomic E-state index is 0.0642. The van der Waals surface area contributed by atoms with Crippen LogP contribution >= 0.6 is 0 Å². The van der Waals surface area contributed by atoms with E-state index >= 15 is 0 Å². The molecule has 141 heavy (non-hydrogen) atoms. The van der Waals surface area contributed by atoms with E-state index in [0.29, 0.717) is 33.4 Å². The molecule has 7 heterocycles. The van der Waals surface area contributed by atoms with Crippen LogP contribution in [-0.2, 0) is 123 Å². The summed E-state index contributed by atoms with van der Waals surface area (Å²) in [5.41, 5.74) is 33.6. The monoisotopic (exact) mass is 1990 g/mol. The van der Waals surface area contributed by atoms with Crippen LogP contribution in [0.1, 0.15) is 52.5 Å². The fourth-order valence-corrected chi connectivity index (χ4v) is 17.7. The topological polar surface area (TPSA) is 734 Å². The van der Waals surface area contributed by atoms with Gasteiger partial charge in [-0.15, -0.1) is 0 Å². The van der Waals surface area contributed by atoms with Crippen LogP contribution in [0.4, 0.5) is 24.0 Å². The zero-order chi connectivity index (χ0) is 100. The third kappa shape index (κ3) is 27.1. The van der Waals surface area contributed by atoms with Crippen molar-refractivity contribution < 1.29 is 185 Å². The average Bonchev–Trinajstić information content (AvgIpc) is 1.50. The molecule has 0 bridgehead atoms. The number of carbonyl (C=O) groups is 5. The van der Waals surface area contributed by atoms with E-state index in [9.17, 15) is 95.5 Å². The quantitative estimate of drug-likeness (QED) is 0.0171. The average molecular weight is 1990 g/mol. The molecule has 15 rings (SSSR count). The Hall–Kier alpha value is -9.65. The Kier molecular flexibility index (Phi) is 38.5. The van der Waals surface area contributed by atoms with Crippen molar-refractivity contribution in [3.05, 3.63) is 215 Å². The number of hydrogen-bond acceptors (Lipinski definition) is 43. The van der Waals surface area contributed by atoms with Crippen LogP contribution in [0.15, 0.2) is 182 Å². The van der Waals surface area contributed by atoms with Gasteiger partial charge >= 0.3 is 30.5 Å². The van der Waals surface area contributed by atoms with E-state index in [1.807, 2.05) is 0 Å². The van der Waals surface area contributed by atoms with E-state index < -0.39 is 302 Å². The summed E-state index contributed by atoms with van der Waals surface area (Å²) in [6, 6.07) is 41.8. The van der Waals surface area contributed by atoms with Gasteiger partial charge < -0.3 is 217 Å². The van der Waals surface area contributed by atoms with Gasteiger partial charge in [-0.25, -0.2) is 24.0 Å². The van der Waals surface area contributed by atoms with Gasteiger partial charge in [-0.05, 0) is 40.7 Å². The van der Waals surface area contributed by atoms with Crippen molar-refractivity contribution in [1.82, 2.24) is 26.6 Å². The Morgan fingerprint density at radius 3 is 1.14 bits per heavy atom. The number of aliphatic hydroxyl groups excluding tert-OH is 14. The molecular weight excluding hydrogens is 1870 g/mol. The normalized spacial score (nSPS) is 37.3. The molecule has 0 spiro atoms. The predicted molar refractivity (Wildman–Crippen MR) is 478 cm³/mol. The summed E-state index contributed by atoms with van der Waals surface area (Å²) in [4.78, 5) is 68.6. The minimum atomic E-state index is -2.05. The predicted octanol–water partition coefficient (Wildman–Crippen LogP) is -5.12. The van der Waals surface area contributed by atoms with Crippen LogP contribution in [0.25, 0.3) is 0 Å². The summed E-state index contributed by atoms with van der Waals surface area (Å²) in [5.74, 6) is 0. The molecule has 39 atom stereocenters. The molecule has 2 saturated carbocycles. The highest BCUT2D eigenvalue weighted by Gasteiger charge is 2.60.